The lowest BCUT2D eigenvalue weighted by molar-refractivity contribution is 0.0694. The van der Waals surface area contributed by atoms with Crippen LogP contribution < -0.4 is 5.73 Å². The fourth-order valence-electron chi connectivity index (χ4n) is 1.37. The summed E-state index contributed by atoms with van der Waals surface area (Å²) in [5.74, 6) is -0.182. The molecular weight excluding hydrogens is 252 g/mol. The fourth-order valence-corrected chi connectivity index (χ4v) is 2.01. The third-order valence-electron chi connectivity index (χ3n) is 2.29. The molecule has 1 aromatic heterocycles. The third kappa shape index (κ3) is 4.07. The summed E-state index contributed by atoms with van der Waals surface area (Å²) in [5, 5.41) is 11.0. The molecule has 0 saturated carbocycles. The van der Waals surface area contributed by atoms with Crippen molar-refractivity contribution in [1.29, 1.82) is 5.26 Å². The van der Waals surface area contributed by atoms with Gasteiger partial charge < -0.3 is 15.4 Å². The van der Waals surface area contributed by atoms with Crippen LogP contribution in [0.15, 0.2) is 5.38 Å². The molecule has 18 heavy (non-hydrogen) atoms. The standard InChI is InChI=1S/C11H16N4O2S/c1-17-6-5-15(4-2-3-12)11(16)9-8-18-10(7-13)14-9/h8H,2,4-7,13H2,1H3. The van der Waals surface area contributed by atoms with E-state index in [1.54, 1.807) is 17.4 Å². The second-order valence-corrected chi connectivity index (χ2v) is 4.47. The minimum atomic E-state index is -0.182. The molecule has 2 N–H and O–H groups in total. The molecule has 98 valence electrons. The zero-order valence-corrected chi connectivity index (χ0v) is 11.1. The molecule has 0 spiro atoms. The van der Waals surface area contributed by atoms with Crippen LogP contribution in [-0.2, 0) is 11.3 Å². The molecule has 1 amide bonds. The second kappa shape index (κ2) is 7.76. The molecule has 0 radical (unpaired) electrons. The van der Waals surface area contributed by atoms with Gasteiger partial charge in [-0.3, -0.25) is 4.79 Å². The maximum Gasteiger partial charge on any atom is 0.273 e. The number of nitrogens with two attached hydrogens (primary N) is 1. The number of rotatable bonds is 7. The van der Waals surface area contributed by atoms with E-state index < -0.39 is 0 Å². The molecular formula is C11H16N4O2S. The molecule has 7 heteroatoms. The fraction of sp³-hybridized carbons (Fsp3) is 0.545. The number of amides is 1. The summed E-state index contributed by atoms with van der Waals surface area (Å²) in [6, 6.07) is 2.02. The monoisotopic (exact) mass is 268 g/mol. The van der Waals surface area contributed by atoms with Crippen molar-refractivity contribution >= 4 is 17.2 Å². The average Bonchev–Trinajstić information content (AvgIpc) is 2.87. The number of aromatic nitrogens is 1. The van der Waals surface area contributed by atoms with Crippen LogP contribution in [0, 0.1) is 11.3 Å². The molecule has 0 aromatic carbocycles. The first-order chi connectivity index (χ1) is 8.72. The summed E-state index contributed by atoms with van der Waals surface area (Å²) in [6.45, 7) is 1.60. The minimum Gasteiger partial charge on any atom is -0.383 e. The van der Waals surface area contributed by atoms with E-state index in [1.165, 1.54) is 11.3 Å². The molecule has 6 nitrogen and oxygen atoms in total. The van der Waals surface area contributed by atoms with Gasteiger partial charge in [0.25, 0.3) is 5.91 Å². The number of ether oxygens (including phenoxy) is 1. The quantitative estimate of drug-likeness (QED) is 0.782. The van der Waals surface area contributed by atoms with Gasteiger partial charge in [-0.15, -0.1) is 11.3 Å². The van der Waals surface area contributed by atoms with Crippen molar-refractivity contribution in [1.82, 2.24) is 9.88 Å². The molecule has 0 bridgehead atoms. The number of thiazole rings is 1. The number of nitriles is 1. The van der Waals surface area contributed by atoms with E-state index >= 15 is 0 Å². The summed E-state index contributed by atoms with van der Waals surface area (Å²) in [5.41, 5.74) is 5.84. The lowest BCUT2D eigenvalue weighted by atomic mass is 10.3. The largest absolute Gasteiger partial charge is 0.383 e. The number of carbonyl (C=O) groups excluding carboxylic acids is 1. The van der Waals surface area contributed by atoms with Crippen LogP contribution in [0.4, 0.5) is 0 Å². The summed E-state index contributed by atoms with van der Waals surface area (Å²) in [4.78, 5) is 17.9. The second-order valence-electron chi connectivity index (χ2n) is 3.52. The first kappa shape index (κ1) is 14.6. The van der Waals surface area contributed by atoms with E-state index in [0.29, 0.717) is 38.4 Å². The smallest absolute Gasteiger partial charge is 0.273 e. The lowest BCUT2D eigenvalue weighted by Crippen LogP contribution is -2.35. The molecule has 1 rings (SSSR count). The van der Waals surface area contributed by atoms with Crippen molar-refractivity contribution in [3.8, 4) is 6.07 Å². The molecule has 1 heterocycles. The highest BCUT2D eigenvalue weighted by Gasteiger charge is 2.18. The zero-order chi connectivity index (χ0) is 13.4. The highest BCUT2D eigenvalue weighted by atomic mass is 32.1. The van der Waals surface area contributed by atoms with Gasteiger partial charge >= 0.3 is 0 Å². The number of carbonyl (C=O) groups is 1. The Morgan fingerprint density at radius 3 is 3.00 bits per heavy atom. The first-order valence-corrected chi connectivity index (χ1v) is 6.40. The Bertz CT molecular complexity index is 427. The Morgan fingerprint density at radius 2 is 2.44 bits per heavy atom. The maximum absolute atomic E-state index is 12.2. The van der Waals surface area contributed by atoms with Crippen molar-refractivity contribution in [2.75, 3.05) is 26.8 Å². The van der Waals surface area contributed by atoms with Gasteiger partial charge in [-0.05, 0) is 0 Å². The lowest BCUT2D eigenvalue weighted by Gasteiger charge is -2.19. The van der Waals surface area contributed by atoms with Crippen LogP contribution in [0.25, 0.3) is 0 Å². The van der Waals surface area contributed by atoms with E-state index in [1.807, 2.05) is 6.07 Å². The molecule has 1 aromatic rings. The van der Waals surface area contributed by atoms with Crippen LogP contribution in [-0.4, -0.2) is 42.6 Å². The van der Waals surface area contributed by atoms with E-state index in [-0.39, 0.29) is 5.91 Å². The summed E-state index contributed by atoms with van der Waals surface area (Å²) in [7, 11) is 1.57. The zero-order valence-electron chi connectivity index (χ0n) is 10.3. The molecule has 0 aliphatic heterocycles. The van der Waals surface area contributed by atoms with Crippen LogP contribution in [0.5, 0.6) is 0 Å². The highest BCUT2D eigenvalue weighted by molar-refractivity contribution is 7.09. The molecule has 0 fully saturated rings. The van der Waals surface area contributed by atoms with Crippen molar-refractivity contribution in [2.45, 2.75) is 13.0 Å². The summed E-state index contributed by atoms with van der Waals surface area (Å²) in [6.07, 6.45) is 0.295. The van der Waals surface area contributed by atoms with Gasteiger partial charge in [0.05, 0.1) is 19.1 Å². The van der Waals surface area contributed by atoms with Gasteiger partial charge in [-0.1, -0.05) is 0 Å². The SMILES string of the molecule is COCCN(CCC#N)C(=O)c1csc(CN)n1. The Kier molecular flexibility index (Phi) is 6.28. The van der Waals surface area contributed by atoms with Gasteiger partial charge in [-0.2, -0.15) is 5.26 Å². The van der Waals surface area contributed by atoms with Crippen molar-refractivity contribution in [2.24, 2.45) is 5.73 Å². The number of methoxy groups -OCH3 is 1. The number of nitrogens with zero attached hydrogens (tertiary/aromatic N) is 3. The van der Waals surface area contributed by atoms with Gasteiger partial charge in [0, 0.05) is 32.1 Å². The third-order valence-corrected chi connectivity index (χ3v) is 3.16. The van der Waals surface area contributed by atoms with Gasteiger partial charge in [0.2, 0.25) is 0 Å². The van der Waals surface area contributed by atoms with E-state index in [0.717, 1.165) is 5.01 Å². The Balaban J connectivity index is 2.70. The first-order valence-electron chi connectivity index (χ1n) is 5.52. The maximum atomic E-state index is 12.2. The van der Waals surface area contributed by atoms with Gasteiger partial charge in [0.15, 0.2) is 0 Å². The van der Waals surface area contributed by atoms with Gasteiger partial charge in [-0.25, -0.2) is 4.98 Å². The predicted octanol–water partition coefficient (Wildman–Crippen LogP) is 0.604. The number of hydrogen-bond acceptors (Lipinski definition) is 6. The van der Waals surface area contributed by atoms with E-state index in [9.17, 15) is 4.79 Å². The molecule has 0 saturated heterocycles. The Labute approximate surface area is 110 Å². The van der Waals surface area contributed by atoms with E-state index in [2.05, 4.69) is 4.98 Å². The summed E-state index contributed by atoms with van der Waals surface area (Å²) < 4.78 is 4.95. The van der Waals surface area contributed by atoms with Crippen LogP contribution in [0.3, 0.4) is 0 Å². The highest BCUT2D eigenvalue weighted by Crippen LogP contribution is 2.11. The van der Waals surface area contributed by atoms with Crippen LogP contribution in [0.2, 0.25) is 0 Å². The Hall–Kier alpha value is -1.49. The molecule has 0 aliphatic rings. The topological polar surface area (TPSA) is 92.2 Å². The van der Waals surface area contributed by atoms with Crippen molar-refractivity contribution in [3.05, 3.63) is 16.1 Å². The molecule has 0 aliphatic carbocycles. The molecule has 0 atom stereocenters. The number of hydrogen-bond donors (Lipinski definition) is 1. The van der Waals surface area contributed by atoms with Crippen LogP contribution >= 0.6 is 11.3 Å². The normalized spacial score (nSPS) is 10.1. The Morgan fingerprint density at radius 1 is 1.67 bits per heavy atom. The average molecular weight is 268 g/mol. The van der Waals surface area contributed by atoms with E-state index in [4.69, 9.17) is 15.7 Å². The van der Waals surface area contributed by atoms with Gasteiger partial charge in [0.1, 0.15) is 10.7 Å². The predicted molar refractivity (Wildman–Crippen MR) is 68.0 cm³/mol. The minimum absolute atomic E-state index is 0.182. The molecule has 0 unspecified atom stereocenters. The van der Waals surface area contributed by atoms with Crippen LogP contribution in [0.1, 0.15) is 21.9 Å². The van der Waals surface area contributed by atoms with Crippen molar-refractivity contribution in [3.63, 3.8) is 0 Å². The summed E-state index contributed by atoms with van der Waals surface area (Å²) >= 11 is 1.36. The van der Waals surface area contributed by atoms with Crippen molar-refractivity contribution < 1.29 is 9.53 Å².